The van der Waals surface area contributed by atoms with Gasteiger partial charge >= 0.3 is 0 Å². The molecular formula is C23H25N3O7S. The summed E-state index contributed by atoms with van der Waals surface area (Å²) in [5, 5.41) is 11.3. The smallest absolute Gasteiger partial charge is 0.248 e. The minimum absolute atomic E-state index is 0.0311. The van der Waals surface area contributed by atoms with Crippen LogP contribution < -0.4 is 19.5 Å². The summed E-state index contributed by atoms with van der Waals surface area (Å²) in [7, 11) is -0.962. The first kappa shape index (κ1) is 25.0. The van der Waals surface area contributed by atoms with Crippen LogP contribution in [0.2, 0.25) is 0 Å². The van der Waals surface area contributed by atoms with Gasteiger partial charge in [-0.25, -0.2) is 8.42 Å². The summed E-state index contributed by atoms with van der Waals surface area (Å²) in [6, 6.07) is 11.3. The molecule has 1 aliphatic heterocycles. The third-order valence-corrected chi connectivity index (χ3v) is 6.85. The number of nitrogens with zero attached hydrogens (tertiary/aromatic N) is 2. The lowest BCUT2D eigenvalue weighted by Crippen LogP contribution is -2.40. The number of methoxy groups -OCH3 is 2. The second kappa shape index (κ2) is 11.5. The second-order valence-corrected chi connectivity index (χ2v) is 8.97. The molecule has 1 heterocycles. The molecule has 1 N–H and O–H groups in total. The molecule has 0 atom stereocenters. The van der Waals surface area contributed by atoms with Crippen molar-refractivity contribution in [2.45, 2.75) is 4.90 Å². The number of amides is 1. The number of rotatable bonds is 9. The van der Waals surface area contributed by atoms with Gasteiger partial charge in [0.1, 0.15) is 16.7 Å². The quantitative estimate of drug-likeness (QED) is 0.534. The second-order valence-electron chi connectivity index (χ2n) is 7.06. The number of benzene rings is 2. The average Bonchev–Trinajstić information content (AvgIpc) is 2.86. The van der Waals surface area contributed by atoms with E-state index in [1.807, 2.05) is 6.07 Å². The lowest BCUT2D eigenvalue weighted by atomic mass is 10.2. The maximum Gasteiger partial charge on any atom is 0.248 e. The van der Waals surface area contributed by atoms with Gasteiger partial charge in [0.25, 0.3) is 0 Å². The van der Waals surface area contributed by atoms with Crippen LogP contribution >= 0.6 is 0 Å². The number of morpholine rings is 1. The lowest BCUT2D eigenvalue weighted by Gasteiger charge is -2.26. The summed E-state index contributed by atoms with van der Waals surface area (Å²) >= 11 is 0. The number of carbonyl (C=O) groups excluding carboxylic acids is 1. The normalized spacial score (nSPS) is 14.4. The number of nitrogens with one attached hydrogen (secondary N) is 1. The van der Waals surface area contributed by atoms with Gasteiger partial charge in [-0.3, -0.25) is 4.79 Å². The zero-order valence-corrected chi connectivity index (χ0v) is 19.6. The van der Waals surface area contributed by atoms with Crippen LogP contribution in [0.3, 0.4) is 0 Å². The van der Waals surface area contributed by atoms with E-state index in [2.05, 4.69) is 5.32 Å². The molecule has 0 spiro atoms. The van der Waals surface area contributed by atoms with Crippen molar-refractivity contribution in [3.05, 3.63) is 48.0 Å². The molecule has 0 radical (unpaired) electrons. The number of carbonyl (C=O) groups is 1. The Balaban J connectivity index is 1.75. The number of sulfonamides is 1. The zero-order chi connectivity index (χ0) is 24.6. The van der Waals surface area contributed by atoms with Gasteiger partial charge in [0.2, 0.25) is 15.9 Å². The van der Waals surface area contributed by atoms with Gasteiger partial charge in [0.05, 0.1) is 27.4 Å². The van der Waals surface area contributed by atoms with E-state index in [0.717, 1.165) is 0 Å². The number of hydrogen-bond acceptors (Lipinski definition) is 8. The van der Waals surface area contributed by atoms with Crippen LogP contribution in [0.15, 0.2) is 47.4 Å². The minimum Gasteiger partial charge on any atom is -0.495 e. The minimum atomic E-state index is -3.82. The van der Waals surface area contributed by atoms with Gasteiger partial charge < -0.3 is 24.3 Å². The number of nitriles is 1. The molecule has 0 bridgehead atoms. The number of ether oxygens (including phenoxy) is 4. The monoisotopic (exact) mass is 487 g/mol. The predicted molar refractivity (Wildman–Crippen MR) is 124 cm³/mol. The van der Waals surface area contributed by atoms with Crippen LogP contribution in [0.5, 0.6) is 17.2 Å². The summed E-state index contributed by atoms with van der Waals surface area (Å²) in [6.45, 7) is 1.01. The highest BCUT2D eigenvalue weighted by Gasteiger charge is 2.29. The Kier molecular flexibility index (Phi) is 8.48. The van der Waals surface area contributed by atoms with E-state index in [1.165, 1.54) is 36.7 Å². The molecule has 2 aromatic carbocycles. The first-order valence-electron chi connectivity index (χ1n) is 10.3. The first-order valence-corrected chi connectivity index (χ1v) is 11.8. The molecule has 1 saturated heterocycles. The SMILES string of the molecule is COc1cc(/C=C/C(=O)Nc2ccc(OC)c(S(=O)(=O)N3CCOCC3)c2)ccc1OCC#N. The van der Waals surface area contributed by atoms with Crippen molar-refractivity contribution in [2.24, 2.45) is 0 Å². The lowest BCUT2D eigenvalue weighted by molar-refractivity contribution is -0.111. The Labute approximate surface area is 198 Å². The Morgan fingerprint density at radius 2 is 1.82 bits per heavy atom. The Morgan fingerprint density at radius 1 is 1.12 bits per heavy atom. The molecule has 0 aliphatic carbocycles. The molecule has 0 saturated carbocycles. The summed E-state index contributed by atoms with van der Waals surface area (Å²) in [5.41, 5.74) is 0.974. The largest absolute Gasteiger partial charge is 0.495 e. The molecule has 1 amide bonds. The van der Waals surface area contributed by atoms with Crippen LogP contribution in [0.25, 0.3) is 6.08 Å². The van der Waals surface area contributed by atoms with Gasteiger partial charge in [-0.1, -0.05) is 6.07 Å². The van der Waals surface area contributed by atoms with Crippen molar-refractivity contribution in [2.75, 3.05) is 52.4 Å². The van der Waals surface area contributed by atoms with Gasteiger partial charge in [-0.05, 0) is 42.0 Å². The van der Waals surface area contributed by atoms with Crippen molar-refractivity contribution in [3.63, 3.8) is 0 Å². The van der Waals surface area contributed by atoms with E-state index in [-0.39, 0.29) is 30.3 Å². The average molecular weight is 488 g/mol. The van der Waals surface area contributed by atoms with Crippen LogP contribution in [0.4, 0.5) is 5.69 Å². The molecule has 34 heavy (non-hydrogen) atoms. The fourth-order valence-electron chi connectivity index (χ4n) is 3.26. The van der Waals surface area contributed by atoms with Crippen molar-refractivity contribution >= 4 is 27.7 Å². The summed E-state index contributed by atoms with van der Waals surface area (Å²) in [5.74, 6) is 0.568. The van der Waals surface area contributed by atoms with Crippen molar-refractivity contribution in [1.82, 2.24) is 4.31 Å². The molecule has 1 aliphatic rings. The molecule has 3 rings (SSSR count). The van der Waals surface area contributed by atoms with E-state index in [9.17, 15) is 13.2 Å². The predicted octanol–water partition coefficient (Wildman–Crippen LogP) is 2.28. The van der Waals surface area contributed by atoms with E-state index in [1.54, 1.807) is 30.3 Å². The standard InChI is InChI=1S/C23H25N3O7S/c1-30-20-7-5-18(16-22(20)34(28,29)26-10-13-32-14-11-26)25-23(27)8-4-17-3-6-19(33-12-9-24)21(15-17)31-2/h3-8,15-16H,10-14H2,1-2H3,(H,25,27)/b8-4+. The highest BCUT2D eigenvalue weighted by molar-refractivity contribution is 7.89. The Bertz CT molecular complexity index is 1200. The molecule has 180 valence electrons. The molecule has 1 fully saturated rings. The zero-order valence-electron chi connectivity index (χ0n) is 18.8. The Hall–Kier alpha value is -3.59. The molecule has 10 nitrogen and oxygen atoms in total. The van der Waals surface area contributed by atoms with Crippen LogP contribution in [-0.2, 0) is 19.6 Å². The number of hydrogen-bond donors (Lipinski definition) is 1. The molecule has 2 aromatic rings. The highest BCUT2D eigenvalue weighted by Crippen LogP contribution is 2.31. The summed E-state index contributed by atoms with van der Waals surface area (Å²) < 4.78 is 48.5. The van der Waals surface area contributed by atoms with Gasteiger partial charge in [0.15, 0.2) is 18.1 Å². The van der Waals surface area contributed by atoms with Crippen LogP contribution in [0, 0.1) is 11.3 Å². The topological polar surface area (TPSA) is 127 Å². The summed E-state index contributed by atoms with van der Waals surface area (Å²) in [6.07, 6.45) is 2.88. The van der Waals surface area contributed by atoms with E-state index < -0.39 is 15.9 Å². The van der Waals surface area contributed by atoms with E-state index in [0.29, 0.717) is 36.0 Å². The van der Waals surface area contributed by atoms with Crippen LogP contribution in [-0.4, -0.2) is 65.8 Å². The van der Waals surface area contributed by atoms with Crippen LogP contribution in [0.1, 0.15) is 5.56 Å². The molecular weight excluding hydrogens is 462 g/mol. The summed E-state index contributed by atoms with van der Waals surface area (Å²) in [4.78, 5) is 12.4. The molecule has 0 aromatic heterocycles. The van der Waals surface area contributed by atoms with Gasteiger partial charge in [0, 0.05) is 24.9 Å². The Morgan fingerprint density at radius 3 is 2.50 bits per heavy atom. The van der Waals surface area contributed by atoms with Crippen molar-refractivity contribution in [1.29, 1.82) is 5.26 Å². The third-order valence-electron chi connectivity index (χ3n) is 4.93. The molecule has 0 unspecified atom stereocenters. The maximum absolute atomic E-state index is 13.1. The van der Waals surface area contributed by atoms with Gasteiger partial charge in [-0.2, -0.15) is 9.57 Å². The fraction of sp³-hybridized carbons (Fsp3) is 0.304. The van der Waals surface area contributed by atoms with E-state index >= 15 is 0 Å². The van der Waals surface area contributed by atoms with Crippen molar-refractivity contribution in [3.8, 4) is 23.3 Å². The first-order chi connectivity index (χ1) is 16.4. The van der Waals surface area contributed by atoms with Crippen molar-refractivity contribution < 1.29 is 32.2 Å². The highest BCUT2D eigenvalue weighted by atomic mass is 32.2. The fourth-order valence-corrected chi connectivity index (χ4v) is 4.84. The molecule has 11 heteroatoms. The number of anilines is 1. The van der Waals surface area contributed by atoms with E-state index in [4.69, 9.17) is 24.2 Å². The maximum atomic E-state index is 13.1. The third kappa shape index (κ3) is 6.05. The van der Waals surface area contributed by atoms with Gasteiger partial charge in [-0.15, -0.1) is 0 Å².